The van der Waals surface area contributed by atoms with Crippen LogP contribution in [0.3, 0.4) is 0 Å². The molecule has 0 radical (unpaired) electrons. The van der Waals surface area contributed by atoms with E-state index in [1.165, 1.54) is 26.2 Å². The minimum absolute atomic E-state index is 0.0163. The number of hydrogen-bond donors (Lipinski definition) is 3. The highest BCUT2D eigenvalue weighted by molar-refractivity contribution is 7.89. The molecule has 0 saturated heterocycles. The molecule has 0 aliphatic rings. The van der Waals surface area contributed by atoms with Crippen molar-refractivity contribution < 1.29 is 32.0 Å². The molecule has 0 unspecified atom stereocenters. The SMILES string of the molecule is COC(=O)[C@@H](NS(=O)(=O)c1ccc(-c2ccc(NC(=O)c3oc4cccc(NC(C)=O)c4c3C)cc2)cc1)C(C)C. The van der Waals surface area contributed by atoms with Crippen LogP contribution in [0.5, 0.6) is 0 Å². The van der Waals surface area contributed by atoms with Crippen LogP contribution in [0.15, 0.2) is 76.0 Å². The number of nitrogens with one attached hydrogen (secondary N) is 3. The quantitative estimate of drug-likeness (QED) is 0.235. The van der Waals surface area contributed by atoms with Crippen molar-refractivity contribution in [1.82, 2.24) is 4.72 Å². The van der Waals surface area contributed by atoms with Gasteiger partial charge in [0.2, 0.25) is 15.9 Å². The minimum Gasteiger partial charge on any atom is -0.468 e. The van der Waals surface area contributed by atoms with Crippen molar-refractivity contribution >= 4 is 50.2 Å². The van der Waals surface area contributed by atoms with E-state index in [0.717, 1.165) is 11.1 Å². The van der Waals surface area contributed by atoms with Crippen LogP contribution in [0.1, 0.15) is 36.9 Å². The Balaban J connectivity index is 1.48. The van der Waals surface area contributed by atoms with E-state index in [4.69, 9.17) is 9.15 Å². The van der Waals surface area contributed by atoms with Gasteiger partial charge in [0.25, 0.3) is 5.91 Å². The van der Waals surface area contributed by atoms with E-state index >= 15 is 0 Å². The predicted octanol–water partition coefficient (Wildman–Crippen LogP) is 5.09. The number of carbonyl (C=O) groups is 3. The van der Waals surface area contributed by atoms with Gasteiger partial charge in [-0.2, -0.15) is 4.72 Å². The standard InChI is InChI=1S/C30H31N3O7S/c1-17(2)27(30(36)39-5)33-41(37,38)23-15-11-21(12-16-23)20-9-13-22(14-10-20)32-29(35)28-18(3)26-24(31-19(4)34)7-6-8-25(26)40-28/h6-17,27,33H,1-5H3,(H,31,34)(H,32,35)/t27-/m0/s1. The van der Waals surface area contributed by atoms with Gasteiger partial charge in [-0.25, -0.2) is 8.42 Å². The van der Waals surface area contributed by atoms with Gasteiger partial charge in [0.15, 0.2) is 5.76 Å². The maximum absolute atomic E-state index is 13.0. The molecule has 41 heavy (non-hydrogen) atoms. The fourth-order valence-corrected chi connectivity index (χ4v) is 5.73. The lowest BCUT2D eigenvalue weighted by Gasteiger charge is -2.19. The molecule has 0 fully saturated rings. The summed E-state index contributed by atoms with van der Waals surface area (Å²) in [5, 5.41) is 6.24. The van der Waals surface area contributed by atoms with Crippen LogP contribution in [-0.2, 0) is 24.3 Å². The molecule has 0 saturated carbocycles. The normalized spacial score (nSPS) is 12.2. The number of ether oxygens (including phenoxy) is 1. The van der Waals surface area contributed by atoms with Gasteiger partial charge in [0.05, 0.1) is 17.7 Å². The molecular formula is C30H31N3O7S. The topological polar surface area (TPSA) is 144 Å². The number of carbonyl (C=O) groups excluding carboxylic acids is 3. The molecule has 1 atom stereocenters. The lowest BCUT2D eigenvalue weighted by atomic mass is 10.1. The number of rotatable bonds is 9. The average Bonchev–Trinajstić information content (AvgIpc) is 3.28. The maximum Gasteiger partial charge on any atom is 0.324 e. The maximum atomic E-state index is 13.0. The molecule has 4 aromatic rings. The molecule has 10 nitrogen and oxygen atoms in total. The van der Waals surface area contributed by atoms with Crippen molar-refractivity contribution in [2.75, 3.05) is 17.7 Å². The molecule has 1 heterocycles. The highest BCUT2D eigenvalue weighted by Crippen LogP contribution is 2.32. The minimum atomic E-state index is -3.96. The summed E-state index contributed by atoms with van der Waals surface area (Å²) in [7, 11) is -2.74. The number of hydrogen-bond acceptors (Lipinski definition) is 7. The highest BCUT2D eigenvalue weighted by atomic mass is 32.2. The van der Waals surface area contributed by atoms with Crippen LogP contribution >= 0.6 is 0 Å². The number of furan rings is 1. The molecule has 4 rings (SSSR count). The summed E-state index contributed by atoms with van der Waals surface area (Å²) in [6.07, 6.45) is 0. The molecule has 1 aromatic heterocycles. The van der Waals surface area contributed by atoms with Gasteiger partial charge in [-0.3, -0.25) is 14.4 Å². The molecule has 0 aliphatic heterocycles. The van der Waals surface area contributed by atoms with Crippen LogP contribution in [-0.4, -0.2) is 39.4 Å². The fourth-order valence-electron chi connectivity index (χ4n) is 4.39. The largest absolute Gasteiger partial charge is 0.468 e. The van der Waals surface area contributed by atoms with Crippen molar-refractivity contribution in [3.8, 4) is 11.1 Å². The van der Waals surface area contributed by atoms with Crippen LogP contribution < -0.4 is 15.4 Å². The predicted molar refractivity (Wildman–Crippen MR) is 156 cm³/mol. The Morgan fingerprint density at radius 1 is 0.878 bits per heavy atom. The Labute approximate surface area is 238 Å². The van der Waals surface area contributed by atoms with Crippen molar-refractivity contribution in [3.05, 3.63) is 78.1 Å². The third-order valence-corrected chi connectivity index (χ3v) is 7.97. The van der Waals surface area contributed by atoms with Crippen molar-refractivity contribution in [2.24, 2.45) is 5.92 Å². The summed E-state index contributed by atoms with van der Waals surface area (Å²) in [5.41, 5.74) is 3.75. The summed E-state index contributed by atoms with van der Waals surface area (Å²) in [4.78, 5) is 36.6. The van der Waals surface area contributed by atoms with E-state index in [-0.39, 0.29) is 22.5 Å². The number of aryl methyl sites for hydroxylation is 1. The lowest BCUT2D eigenvalue weighted by molar-refractivity contribution is -0.143. The van der Waals surface area contributed by atoms with Gasteiger partial charge in [-0.05, 0) is 60.4 Å². The summed E-state index contributed by atoms with van der Waals surface area (Å²) in [5.74, 6) is -1.48. The van der Waals surface area contributed by atoms with Crippen LogP contribution in [0.2, 0.25) is 0 Å². The van der Waals surface area contributed by atoms with Crippen molar-refractivity contribution in [2.45, 2.75) is 38.6 Å². The summed E-state index contributed by atoms with van der Waals surface area (Å²) in [6.45, 7) is 6.62. The Kier molecular flexibility index (Phi) is 8.60. The van der Waals surface area contributed by atoms with Gasteiger partial charge < -0.3 is 19.8 Å². The van der Waals surface area contributed by atoms with Crippen LogP contribution in [0.25, 0.3) is 22.1 Å². The first-order valence-electron chi connectivity index (χ1n) is 12.8. The zero-order chi connectivity index (χ0) is 29.9. The molecule has 3 N–H and O–H groups in total. The number of sulfonamides is 1. The Morgan fingerprint density at radius 2 is 1.49 bits per heavy atom. The molecule has 0 spiro atoms. The van der Waals surface area contributed by atoms with Gasteiger partial charge in [0, 0.05) is 23.6 Å². The van der Waals surface area contributed by atoms with E-state index in [2.05, 4.69) is 15.4 Å². The van der Waals surface area contributed by atoms with Gasteiger partial charge in [0.1, 0.15) is 11.6 Å². The first-order chi connectivity index (χ1) is 19.4. The second kappa shape index (κ2) is 11.9. The van der Waals surface area contributed by atoms with Gasteiger partial charge in [-0.1, -0.05) is 44.2 Å². The second-order valence-electron chi connectivity index (χ2n) is 9.84. The molecular weight excluding hydrogens is 546 g/mol. The zero-order valence-electron chi connectivity index (χ0n) is 23.3. The number of benzene rings is 3. The van der Waals surface area contributed by atoms with Crippen LogP contribution in [0.4, 0.5) is 11.4 Å². The van der Waals surface area contributed by atoms with E-state index in [9.17, 15) is 22.8 Å². The second-order valence-corrected chi connectivity index (χ2v) is 11.6. The first-order valence-corrected chi connectivity index (χ1v) is 14.3. The number of amides is 2. The summed E-state index contributed by atoms with van der Waals surface area (Å²) in [6, 6.07) is 17.5. The molecule has 3 aromatic carbocycles. The monoisotopic (exact) mass is 577 g/mol. The van der Waals surface area contributed by atoms with Crippen molar-refractivity contribution in [1.29, 1.82) is 0 Å². The molecule has 214 valence electrons. The van der Waals surface area contributed by atoms with Crippen LogP contribution in [0, 0.1) is 12.8 Å². The Morgan fingerprint density at radius 3 is 2.05 bits per heavy atom. The first kappa shape index (κ1) is 29.5. The number of fused-ring (bicyclic) bond motifs is 1. The number of methoxy groups -OCH3 is 1. The molecule has 0 bridgehead atoms. The Bertz CT molecular complexity index is 1710. The highest BCUT2D eigenvalue weighted by Gasteiger charge is 2.29. The smallest absolute Gasteiger partial charge is 0.324 e. The summed E-state index contributed by atoms with van der Waals surface area (Å²) < 4.78 is 38.6. The van der Waals surface area contributed by atoms with E-state index in [0.29, 0.717) is 27.9 Å². The molecule has 11 heteroatoms. The third kappa shape index (κ3) is 6.47. The number of anilines is 2. The summed E-state index contributed by atoms with van der Waals surface area (Å²) >= 11 is 0. The van der Waals surface area contributed by atoms with E-state index in [1.807, 2.05) is 0 Å². The Hall–Kier alpha value is -4.48. The van der Waals surface area contributed by atoms with Gasteiger partial charge >= 0.3 is 5.97 Å². The molecule has 2 amide bonds. The third-order valence-electron chi connectivity index (χ3n) is 6.52. The lowest BCUT2D eigenvalue weighted by Crippen LogP contribution is -2.44. The van der Waals surface area contributed by atoms with Crippen molar-refractivity contribution in [3.63, 3.8) is 0 Å². The fraction of sp³-hybridized carbons (Fsp3) is 0.233. The van der Waals surface area contributed by atoms with E-state index < -0.39 is 27.9 Å². The van der Waals surface area contributed by atoms with Gasteiger partial charge in [-0.15, -0.1) is 0 Å². The number of esters is 1. The average molecular weight is 578 g/mol. The molecule has 0 aliphatic carbocycles. The zero-order valence-corrected chi connectivity index (χ0v) is 24.1. The van der Waals surface area contributed by atoms with E-state index in [1.54, 1.807) is 75.4 Å².